The second-order valence-electron chi connectivity index (χ2n) is 4.39. The number of carbonyl (C=O) groups is 1. The normalized spacial score (nSPS) is 10.5. The summed E-state index contributed by atoms with van der Waals surface area (Å²) in [5.74, 6) is -0.255. The number of hydrogen-bond acceptors (Lipinski definition) is 3. The van der Waals surface area contributed by atoms with Crippen LogP contribution in [0.15, 0.2) is 18.2 Å². The van der Waals surface area contributed by atoms with Gasteiger partial charge in [-0.3, -0.25) is 9.48 Å². The Kier molecular flexibility index (Phi) is 3.25. The lowest BCUT2D eigenvalue weighted by atomic mass is 10.1. The molecule has 1 aromatic carbocycles. The largest absolute Gasteiger partial charge is 0.394 e. The molecule has 0 unspecified atom stereocenters. The van der Waals surface area contributed by atoms with Gasteiger partial charge < -0.3 is 11.1 Å². The molecule has 0 atom stereocenters. The predicted octanol–water partition coefficient (Wildman–Crippen LogP) is 2.01. The average Bonchev–Trinajstić information content (AvgIpc) is 2.59. The number of aromatic nitrogens is 2. The van der Waals surface area contributed by atoms with Crippen molar-refractivity contribution in [2.24, 2.45) is 7.05 Å². The van der Waals surface area contributed by atoms with Crippen molar-refractivity contribution in [3.63, 3.8) is 0 Å². The number of nitrogens with one attached hydrogen (secondary N) is 1. The van der Waals surface area contributed by atoms with E-state index in [-0.39, 0.29) is 11.7 Å². The molecule has 5 nitrogen and oxygen atoms in total. The molecule has 0 saturated carbocycles. The topological polar surface area (TPSA) is 72.9 Å². The maximum atomic E-state index is 13.2. The highest BCUT2D eigenvalue weighted by Gasteiger charge is 2.14. The van der Waals surface area contributed by atoms with Gasteiger partial charge in [-0.1, -0.05) is 0 Å². The summed E-state index contributed by atoms with van der Waals surface area (Å²) in [6.45, 7) is 3.36. The number of amides is 1. The van der Waals surface area contributed by atoms with E-state index in [9.17, 15) is 9.18 Å². The minimum Gasteiger partial charge on any atom is -0.394 e. The minimum atomic E-state index is -0.349. The van der Waals surface area contributed by atoms with E-state index in [1.807, 2.05) is 0 Å². The maximum absolute atomic E-state index is 13.2. The van der Waals surface area contributed by atoms with E-state index in [0.29, 0.717) is 28.3 Å². The zero-order chi connectivity index (χ0) is 14.2. The summed E-state index contributed by atoms with van der Waals surface area (Å²) in [6.07, 6.45) is 0. The predicted molar refractivity (Wildman–Crippen MR) is 71.4 cm³/mol. The lowest BCUT2D eigenvalue weighted by Crippen LogP contribution is -2.15. The van der Waals surface area contributed by atoms with Gasteiger partial charge >= 0.3 is 0 Å². The number of rotatable bonds is 2. The van der Waals surface area contributed by atoms with Crippen molar-refractivity contribution < 1.29 is 9.18 Å². The standard InChI is InChI=1S/C13H15FN4O/c1-7-6-9(4-5-10(7)14)13(19)16-12-11(15)8(2)17-18(12)3/h4-6H,15H2,1-3H3,(H,16,19). The van der Waals surface area contributed by atoms with Crippen molar-refractivity contribution in [3.05, 3.63) is 40.8 Å². The molecule has 0 aliphatic rings. The van der Waals surface area contributed by atoms with Crippen LogP contribution in [0.5, 0.6) is 0 Å². The van der Waals surface area contributed by atoms with Gasteiger partial charge in [0.2, 0.25) is 0 Å². The number of hydrogen-bond donors (Lipinski definition) is 2. The molecule has 0 spiro atoms. The van der Waals surface area contributed by atoms with Crippen molar-refractivity contribution >= 4 is 17.4 Å². The third kappa shape index (κ3) is 2.42. The second-order valence-corrected chi connectivity index (χ2v) is 4.39. The highest BCUT2D eigenvalue weighted by Crippen LogP contribution is 2.21. The maximum Gasteiger partial charge on any atom is 0.256 e. The van der Waals surface area contributed by atoms with Crippen LogP contribution < -0.4 is 11.1 Å². The fourth-order valence-corrected chi connectivity index (χ4v) is 1.79. The molecule has 3 N–H and O–H groups in total. The first-order valence-corrected chi connectivity index (χ1v) is 5.76. The number of nitrogens with two attached hydrogens (primary N) is 1. The van der Waals surface area contributed by atoms with Crippen LogP contribution in [0.25, 0.3) is 0 Å². The number of nitrogens with zero attached hydrogens (tertiary/aromatic N) is 2. The SMILES string of the molecule is Cc1cc(C(=O)Nc2c(N)c(C)nn2C)ccc1F. The molecule has 100 valence electrons. The highest BCUT2D eigenvalue weighted by atomic mass is 19.1. The molecule has 1 aromatic heterocycles. The van der Waals surface area contributed by atoms with E-state index in [0.717, 1.165) is 0 Å². The van der Waals surface area contributed by atoms with Gasteiger partial charge in [-0.05, 0) is 37.6 Å². The van der Waals surface area contributed by atoms with Gasteiger partial charge in [0, 0.05) is 12.6 Å². The van der Waals surface area contributed by atoms with Gasteiger partial charge in [-0.2, -0.15) is 5.10 Å². The summed E-state index contributed by atoms with van der Waals surface area (Å²) in [4.78, 5) is 12.1. The fraction of sp³-hybridized carbons (Fsp3) is 0.231. The summed E-state index contributed by atoms with van der Waals surface area (Å²) < 4.78 is 14.7. The smallest absolute Gasteiger partial charge is 0.256 e. The Morgan fingerprint density at radius 1 is 1.42 bits per heavy atom. The zero-order valence-corrected chi connectivity index (χ0v) is 11.0. The number of carbonyl (C=O) groups excluding carboxylic acids is 1. The summed E-state index contributed by atoms with van der Waals surface area (Å²) in [6, 6.07) is 4.18. The van der Waals surface area contributed by atoms with Crippen LogP contribution in [0, 0.1) is 19.7 Å². The molecule has 0 aliphatic heterocycles. The van der Waals surface area contributed by atoms with Crippen LogP contribution in [0.2, 0.25) is 0 Å². The molecule has 0 fully saturated rings. The molecular formula is C13H15FN4O. The Morgan fingerprint density at radius 3 is 2.63 bits per heavy atom. The van der Waals surface area contributed by atoms with Crippen LogP contribution in [-0.4, -0.2) is 15.7 Å². The number of nitrogen functional groups attached to an aromatic ring is 1. The third-order valence-electron chi connectivity index (χ3n) is 2.92. The second kappa shape index (κ2) is 4.72. The van der Waals surface area contributed by atoms with Crippen molar-refractivity contribution in [2.75, 3.05) is 11.1 Å². The van der Waals surface area contributed by atoms with Gasteiger partial charge in [0.1, 0.15) is 5.82 Å². The molecule has 6 heteroatoms. The fourth-order valence-electron chi connectivity index (χ4n) is 1.79. The lowest BCUT2D eigenvalue weighted by molar-refractivity contribution is 0.102. The summed E-state index contributed by atoms with van der Waals surface area (Å²) in [7, 11) is 1.69. The summed E-state index contributed by atoms with van der Waals surface area (Å²) in [5.41, 5.74) is 7.69. The van der Waals surface area contributed by atoms with E-state index in [1.54, 1.807) is 20.9 Å². The molecule has 2 rings (SSSR count). The van der Waals surface area contributed by atoms with Gasteiger partial charge in [0.25, 0.3) is 5.91 Å². The molecule has 0 saturated heterocycles. The minimum absolute atomic E-state index is 0.340. The quantitative estimate of drug-likeness (QED) is 0.869. The first-order valence-electron chi connectivity index (χ1n) is 5.76. The molecule has 2 aromatic rings. The molecule has 0 aliphatic carbocycles. The van der Waals surface area contributed by atoms with E-state index in [4.69, 9.17) is 5.73 Å². The summed E-state index contributed by atoms with van der Waals surface area (Å²) in [5, 5.41) is 6.78. The molecule has 0 radical (unpaired) electrons. The zero-order valence-electron chi connectivity index (χ0n) is 11.0. The van der Waals surface area contributed by atoms with Gasteiger partial charge in [0.15, 0.2) is 5.82 Å². The van der Waals surface area contributed by atoms with Crippen LogP contribution in [-0.2, 0) is 7.05 Å². The highest BCUT2D eigenvalue weighted by molar-refractivity contribution is 6.05. The molecule has 1 amide bonds. The lowest BCUT2D eigenvalue weighted by Gasteiger charge is -2.07. The third-order valence-corrected chi connectivity index (χ3v) is 2.92. The van der Waals surface area contributed by atoms with Crippen LogP contribution in [0.3, 0.4) is 0 Å². The van der Waals surface area contributed by atoms with Crippen LogP contribution in [0.4, 0.5) is 15.9 Å². The van der Waals surface area contributed by atoms with Crippen molar-refractivity contribution in [2.45, 2.75) is 13.8 Å². The summed E-state index contributed by atoms with van der Waals surface area (Å²) >= 11 is 0. The van der Waals surface area contributed by atoms with E-state index in [1.165, 1.54) is 22.9 Å². The molecule has 1 heterocycles. The monoisotopic (exact) mass is 262 g/mol. The van der Waals surface area contributed by atoms with Gasteiger partial charge in [-0.25, -0.2) is 4.39 Å². The Hall–Kier alpha value is -2.37. The number of aryl methyl sites for hydroxylation is 3. The first-order chi connectivity index (χ1) is 8.90. The molecule has 19 heavy (non-hydrogen) atoms. The van der Waals surface area contributed by atoms with Crippen molar-refractivity contribution in [1.82, 2.24) is 9.78 Å². The Balaban J connectivity index is 2.28. The molecular weight excluding hydrogens is 247 g/mol. The Labute approximate surface area is 110 Å². The number of anilines is 2. The van der Waals surface area contributed by atoms with E-state index < -0.39 is 0 Å². The number of halogens is 1. The van der Waals surface area contributed by atoms with Crippen molar-refractivity contribution in [1.29, 1.82) is 0 Å². The van der Waals surface area contributed by atoms with E-state index in [2.05, 4.69) is 10.4 Å². The Morgan fingerprint density at radius 2 is 2.11 bits per heavy atom. The van der Waals surface area contributed by atoms with Gasteiger partial charge in [-0.15, -0.1) is 0 Å². The van der Waals surface area contributed by atoms with Gasteiger partial charge in [0.05, 0.1) is 11.4 Å². The first kappa shape index (κ1) is 13.1. The van der Waals surface area contributed by atoms with Crippen LogP contribution in [0.1, 0.15) is 21.6 Å². The van der Waals surface area contributed by atoms with Crippen molar-refractivity contribution in [3.8, 4) is 0 Å². The Bertz CT molecular complexity index is 648. The van der Waals surface area contributed by atoms with E-state index >= 15 is 0 Å². The molecule has 0 bridgehead atoms. The van der Waals surface area contributed by atoms with Crippen LogP contribution >= 0.6 is 0 Å². The average molecular weight is 262 g/mol. The number of benzene rings is 1.